The van der Waals surface area contributed by atoms with E-state index in [1.807, 2.05) is 36.4 Å². The van der Waals surface area contributed by atoms with Crippen LogP contribution in [0.3, 0.4) is 0 Å². The average Bonchev–Trinajstić information content (AvgIpc) is 2.58. The first-order valence-corrected chi connectivity index (χ1v) is 7.32. The number of ketones is 1. The molecule has 0 heterocycles. The summed E-state index contributed by atoms with van der Waals surface area (Å²) in [6.07, 6.45) is 0.304. The van der Waals surface area contributed by atoms with Gasteiger partial charge in [-0.2, -0.15) is 0 Å². The van der Waals surface area contributed by atoms with Crippen LogP contribution in [-0.2, 0) is 6.42 Å². The highest BCUT2D eigenvalue weighted by atomic mass is 16.3. The second-order valence-corrected chi connectivity index (χ2v) is 5.39. The second-order valence-electron chi connectivity index (χ2n) is 5.39. The maximum Gasteiger partial charge on any atom is 0.167 e. The largest absolute Gasteiger partial charge is 0.508 e. The van der Waals surface area contributed by atoms with Crippen LogP contribution in [0.2, 0.25) is 0 Å². The Balaban J connectivity index is 1.74. The van der Waals surface area contributed by atoms with Gasteiger partial charge in [0.2, 0.25) is 0 Å². The number of hydrogen-bond donors (Lipinski definition) is 2. The molecule has 0 aliphatic carbocycles. The third-order valence-electron chi connectivity index (χ3n) is 3.71. The fraction of sp³-hybridized carbons (Fsp3) is 0.0500. The van der Waals surface area contributed by atoms with Crippen LogP contribution < -0.4 is 0 Å². The van der Waals surface area contributed by atoms with Crippen LogP contribution in [0.25, 0.3) is 11.1 Å². The Hall–Kier alpha value is -3.07. The van der Waals surface area contributed by atoms with Gasteiger partial charge in [0.1, 0.15) is 11.5 Å². The van der Waals surface area contributed by atoms with Gasteiger partial charge in [-0.25, -0.2) is 0 Å². The molecule has 23 heavy (non-hydrogen) atoms. The minimum Gasteiger partial charge on any atom is -0.508 e. The summed E-state index contributed by atoms with van der Waals surface area (Å²) in [4.78, 5) is 12.3. The fourth-order valence-electron chi connectivity index (χ4n) is 2.40. The number of aromatic hydroxyl groups is 2. The normalized spacial score (nSPS) is 10.4. The van der Waals surface area contributed by atoms with Crippen molar-refractivity contribution in [1.82, 2.24) is 0 Å². The topological polar surface area (TPSA) is 57.5 Å². The third-order valence-corrected chi connectivity index (χ3v) is 3.71. The van der Waals surface area contributed by atoms with Gasteiger partial charge >= 0.3 is 0 Å². The number of benzene rings is 3. The second kappa shape index (κ2) is 6.36. The first-order chi connectivity index (χ1) is 11.1. The number of phenolic OH excluding ortho intramolecular Hbond substituents is 2. The van der Waals surface area contributed by atoms with E-state index in [2.05, 4.69) is 0 Å². The van der Waals surface area contributed by atoms with Crippen molar-refractivity contribution in [2.45, 2.75) is 6.42 Å². The van der Waals surface area contributed by atoms with Crippen LogP contribution in [0.4, 0.5) is 0 Å². The number of phenols is 2. The Morgan fingerprint density at radius 3 is 1.61 bits per heavy atom. The molecule has 3 aromatic rings. The molecule has 3 nitrogen and oxygen atoms in total. The molecule has 0 atom stereocenters. The van der Waals surface area contributed by atoms with Crippen LogP contribution in [-0.4, -0.2) is 16.0 Å². The molecular weight excluding hydrogens is 288 g/mol. The summed E-state index contributed by atoms with van der Waals surface area (Å²) in [5.74, 6) is 0.460. The zero-order chi connectivity index (χ0) is 16.2. The highest BCUT2D eigenvalue weighted by Crippen LogP contribution is 2.22. The average molecular weight is 304 g/mol. The van der Waals surface area contributed by atoms with Crippen molar-refractivity contribution < 1.29 is 15.0 Å². The van der Waals surface area contributed by atoms with Crippen LogP contribution in [0.5, 0.6) is 11.5 Å². The molecule has 3 aromatic carbocycles. The van der Waals surface area contributed by atoms with E-state index >= 15 is 0 Å². The van der Waals surface area contributed by atoms with Gasteiger partial charge in [-0.3, -0.25) is 4.79 Å². The lowest BCUT2D eigenvalue weighted by Crippen LogP contribution is -2.03. The van der Waals surface area contributed by atoms with E-state index in [0.717, 1.165) is 16.7 Å². The van der Waals surface area contributed by atoms with Crippen LogP contribution in [0.1, 0.15) is 15.9 Å². The Kier molecular flexibility index (Phi) is 4.11. The molecule has 0 amide bonds. The highest BCUT2D eigenvalue weighted by molar-refractivity contribution is 5.97. The van der Waals surface area contributed by atoms with E-state index in [-0.39, 0.29) is 17.3 Å². The molecule has 114 valence electrons. The van der Waals surface area contributed by atoms with Crippen molar-refractivity contribution in [3.05, 3.63) is 83.9 Å². The number of rotatable bonds is 4. The van der Waals surface area contributed by atoms with Crippen LogP contribution in [0.15, 0.2) is 72.8 Å². The van der Waals surface area contributed by atoms with Crippen molar-refractivity contribution >= 4 is 5.78 Å². The van der Waals surface area contributed by atoms with Gasteiger partial charge in [0.25, 0.3) is 0 Å². The zero-order valence-electron chi connectivity index (χ0n) is 12.4. The van der Waals surface area contributed by atoms with Crippen molar-refractivity contribution in [1.29, 1.82) is 0 Å². The Labute approximate surface area is 134 Å². The summed E-state index contributed by atoms with van der Waals surface area (Å²) in [5.41, 5.74) is 3.50. The third kappa shape index (κ3) is 3.58. The SMILES string of the molecule is O=C(Cc1ccc(O)cc1)c1ccc(-c2ccc(O)cc2)cc1. The molecule has 0 saturated heterocycles. The van der Waals surface area contributed by atoms with Gasteiger partial charge in [-0.05, 0) is 41.0 Å². The van der Waals surface area contributed by atoms with Gasteiger partial charge < -0.3 is 10.2 Å². The molecule has 3 heteroatoms. The molecule has 0 unspecified atom stereocenters. The first kappa shape index (κ1) is 14.9. The van der Waals surface area contributed by atoms with Gasteiger partial charge in [-0.1, -0.05) is 48.5 Å². The van der Waals surface area contributed by atoms with E-state index < -0.39 is 0 Å². The lowest BCUT2D eigenvalue weighted by molar-refractivity contribution is 0.0993. The minimum atomic E-state index is 0.0351. The number of hydrogen-bond acceptors (Lipinski definition) is 3. The molecule has 0 fully saturated rings. The van der Waals surface area contributed by atoms with Crippen molar-refractivity contribution in [3.8, 4) is 22.6 Å². The Bertz CT molecular complexity index is 801. The molecule has 0 bridgehead atoms. The van der Waals surface area contributed by atoms with Gasteiger partial charge in [0, 0.05) is 12.0 Å². The Morgan fingerprint density at radius 2 is 1.09 bits per heavy atom. The summed E-state index contributed by atoms with van der Waals surface area (Å²) >= 11 is 0. The molecule has 0 radical (unpaired) electrons. The minimum absolute atomic E-state index is 0.0351. The summed E-state index contributed by atoms with van der Waals surface area (Å²) in [6.45, 7) is 0. The molecule has 2 N–H and O–H groups in total. The molecular formula is C20H16O3. The van der Waals surface area contributed by atoms with E-state index in [1.54, 1.807) is 36.4 Å². The lowest BCUT2D eigenvalue weighted by Gasteiger charge is -2.05. The Morgan fingerprint density at radius 1 is 0.652 bits per heavy atom. The number of carbonyl (C=O) groups is 1. The van der Waals surface area contributed by atoms with E-state index in [0.29, 0.717) is 12.0 Å². The van der Waals surface area contributed by atoms with Crippen LogP contribution >= 0.6 is 0 Å². The van der Waals surface area contributed by atoms with E-state index in [4.69, 9.17) is 0 Å². The molecule has 0 spiro atoms. The van der Waals surface area contributed by atoms with Crippen LogP contribution in [0, 0.1) is 0 Å². The lowest BCUT2D eigenvalue weighted by atomic mass is 9.99. The highest BCUT2D eigenvalue weighted by Gasteiger charge is 2.08. The standard InChI is InChI=1S/C20H16O3/c21-18-9-1-14(2-10-18)13-20(23)17-5-3-15(4-6-17)16-7-11-19(22)12-8-16/h1-12,21-22H,13H2. The summed E-state index contributed by atoms with van der Waals surface area (Å²) in [5, 5.41) is 18.6. The molecule has 3 rings (SSSR count). The van der Waals surface area contributed by atoms with E-state index in [1.165, 1.54) is 0 Å². The molecule has 0 aliphatic rings. The van der Waals surface area contributed by atoms with Gasteiger partial charge in [0.15, 0.2) is 5.78 Å². The predicted octanol–water partition coefficient (Wildman–Crippen LogP) is 4.19. The van der Waals surface area contributed by atoms with Crippen molar-refractivity contribution in [2.24, 2.45) is 0 Å². The van der Waals surface area contributed by atoms with E-state index in [9.17, 15) is 15.0 Å². The molecule has 0 saturated carbocycles. The predicted molar refractivity (Wildman–Crippen MR) is 89.7 cm³/mol. The first-order valence-electron chi connectivity index (χ1n) is 7.32. The van der Waals surface area contributed by atoms with Crippen molar-refractivity contribution in [3.63, 3.8) is 0 Å². The van der Waals surface area contributed by atoms with Crippen molar-refractivity contribution in [2.75, 3.05) is 0 Å². The molecule has 0 aliphatic heterocycles. The van der Waals surface area contributed by atoms with Gasteiger partial charge in [-0.15, -0.1) is 0 Å². The number of Topliss-reactive ketones (excluding diaryl/α,β-unsaturated/α-hetero) is 1. The molecule has 0 aromatic heterocycles. The fourth-order valence-corrected chi connectivity index (χ4v) is 2.40. The summed E-state index contributed by atoms with van der Waals surface area (Å²) < 4.78 is 0. The summed E-state index contributed by atoms with van der Waals surface area (Å²) in [7, 11) is 0. The smallest absolute Gasteiger partial charge is 0.167 e. The van der Waals surface area contributed by atoms with Gasteiger partial charge in [0.05, 0.1) is 0 Å². The monoisotopic (exact) mass is 304 g/mol. The number of carbonyl (C=O) groups excluding carboxylic acids is 1. The summed E-state index contributed by atoms with van der Waals surface area (Å²) in [6, 6.07) is 21.0. The zero-order valence-corrected chi connectivity index (χ0v) is 12.4. The quantitative estimate of drug-likeness (QED) is 0.711. The maximum atomic E-state index is 12.3. The maximum absolute atomic E-state index is 12.3.